The molecule has 1 rings (SSSR count). The molecule has 1 aromatic heterocycles. The number of hydrogen-bond donors (Lipinski definition) is 3. The minimum atomic E-state index is -0.193. The summed E-state index contributed by atoms with van der Waals surface area (Å²) >= 11 is 0. The van der Waals surface area contributed by atoms with Gasteiger partial charge in [-0.2, -0.15) is 5.10 Å². The van der Waals surface area contributed by atoms with Gasteiger partial charge in [-0.15, -0.1) is 0 Å². The van der Waals surface area contributed by atoms with Crippen molar-refractivity contribution in [1.29, 1.82) is 0 Å². The Morgan fingerprint density at radius 2 is 2.18 bits per heavy atom. The number of amides is 1. The SMILES string of the molecule is Cn1cc(N)c(NCCC(=O)NC(C)(C)C)n1. The number of carbonyl (C=O) groups is 1. The van der Waals surface area contributed by atoms with Crippen LogP contribution in [0.5, 0.6) is 0 Å². The van der Waals surface area contributed by atoms with Crippen molar-refractivity contribution in [3.8, 4) is 0 Å². The van der Waals surface area contributed by atoms with Crippen LogP contribution in [0.3, 0.4) is 0 Å². The molecule has 17 heavy (non-hydrogen) atoms. The first-order valence-corrected chi connectivity index (χ1v) is 5.62. The summed E-state index contributed by atoms with van der Waals surface area (Å²) in [6.07, 6.45) is 2.12. The van der Waals surface area contributed by atoms with E-state index in [1.807, 2.05) is 20.8 Å². The predicted molar refractivity (Wildman–Crippen MR) is 68.6 cm³/mol. The van der Waals surface area contributed by atoms with Crippen molar-refractivity contribution >= 4 is 17.4 Å². The second kappa shape index (κ2) is 5.07. The number of hydrogen-bond acceptors (Lipinski definition) is 4. The molecule has 0 atom stereocenters. The minimum Gasteiger partial charge on any atom is -0.394 e. The minimum absolute atomic E-state index is 0.0134. The van der Waals surface area contributed by atoms with E-state index in [9.17, 15) is 4.79 Å². The van der Waals surface area contributed by atoms with Crippen LogP contribution in [0.2, 0.25) is 0 Å². The van der Waals surface area contributed by atoms with Crippen LogP contribution in [0, 0.1) is 0 Å². The summed E-state index contributed by atoms with van der Waals surface area (Å²) in [6, 6.07) is 0. The molecular weight excluding hydrogens is 218 g/mol. The summed E-state index contributed by atoms with van der Waals surface area (Å²) in [4.78, 5) is 11.5. The Hall–Kier alpha value is -1.72. The molecule has 1 aromatic rings. The molecule has 0 saturated heterocycles. The van der Waals surface area contributed by atoms with Gasteiger partial charge in [-0.25, -0.2) is 0 Å². The Morgan fingerprint density at radius 1 is 1.53 bits per heavy atom. The zero-order valence-electron chi connectivity index (χ0n) is 10.9. The monoisotopic (exact) mass is 239 g/mol. The number of nitrogens with zero attached hydrogens (tertiary/aromatic N) is 2. The molecular formula is C11H21N5O. The smallest absolute Gasteiger partial charge is 0.222 e. The lowest BCUT2D eigenvalue weighted by Crippen LogP contribution is -2.41. The summed E-state index contributed by atoms with van der Waals surface area (Å²) in [5, 5.41) is 10.1. The van der Waals surface area contributed by atoms with Gasteiger partial charge < -0.3 is 16.4 Å². The van der Waals surface area contributed by atoms with Gasteiger partial charge in [-0.1, -0.05) is 0 Å². The van der Waals surface area contributed by atoms with Crippen LogP contribution in [0.25, 0.3) is 0 Å². The molecule has 0 aromatic carbocycles. The first-order chi connectivity index (χ1) is 7.78. The van der Waals surface area contributed by atoms with Gasteiger partial charge in [0.05, 0.1) is 5.69 Å². The average molecular weight is 239 g/mol. The lowest BCUT2D eigenvalue weighted by molar-refractivity contribution is -0.122. The van der Waals surface area contributed by atoms with Crippen molar-refractivity contribution in [2.24, 2.45) is 7.05 Å². The third-order valence-electron chi connectivity index (χ3n) is 2.02. The van der Waals surface area contributed by atoms with Crippen LogP contribution in [0.15, 0.2) is 6.20 Å². The topological polar surface area (TPSA) is 85.0 Å². The molecule has 1 heterocycles. The molecule has 6 nitrogen and oxygen atoms in total. The van der Waals surface area contributed by atoms with Crippen LogP contribution in [-0.2, 0) is 11.8 Å². The summed E-state index contributed by atoms with van der Waals surface area (Å²) in [7, 11) is 1.80. The van der Waals surface area contributed by atoms with E-state index in [1.54, 1.807) is 17.9 Å². The normalized spacial score (nSPS) is 11.3. The van der Waals surface area contributed by atoms with Crippen LogP contribution >= 0.6 is 0 Å². The molecule has 0 fully saturated rings. The zero-order valence-corrected chi connectivity index (χ0v) is 10.9. The van der Waals surface area contributed by atoms with Crippen molar-refractivity contribution in [3.63, 3.8) is 0 Å². The fraction of sp³-hybridized carbons (Fsp3) is 0.636. The molecule has 0 bridgehead atoms. The highest BCUT2D eigenvalue weighted by atomic mass is 16.1. The molecule has 96 valence electrons. The zero-order chi connectivity index (χ0) is 13.1. The van der Waals surface area contributed by atoms with E-state index in [2.05, 4.69) is 15.7 Å². The largest absolute Gasteiger partial charge is 0.394 e. The van der Waals surface area contributed by atoms with Crippen LogP contribution in [0.4, 0.5) is 11.5 Å². The van der Waals surface area contributed by atoms with Gasteiger partial charge in [-0.3, -0.25) is 9.48 Å². The molecule has 0 radical (unpaired) electrons. The molecule has 0 saturated carbocycles. The van der Waals surface area contributed by atoms with Crippen molar-refractivity contribution in [1.82, 2.24) is 15.1 Å². The van der Waals surface area contributed by atoms with Gasteiger partial charge in [-0.05, 0) is 20.8 Å². The van der Waals surface area contributed by atoms with Gasteiger partial charge >= 0.3 is 0 Å². The maximum atomic E-state index is 11.5. The third-order valence-corrected chi connectivity index (χ3v) is 2.02. The summed E-state index contributed by atoms with van der Waals surface area (Å²) < 4.78 is 1.63. The maximum Gasteiger partial charge on any atom is 0.222 e. The van der Waals surface area contributed by atoms with E-state index in [4.69, 9.17) is 5.73 Å². The Balaban J connectivity index is 2.33. The van der Waals surface area contributed by atoms with Gasteiger partial charge in [0.2, 0.25) is 5.91 Å². The Bertz CT molecular complexity index is 391. The summed E-state index contributed by atoms with van der Waals surface area (Å²) in [6.45, 7) is 6.38. The van der Waals surface area contributed by atoms with Crippen LogP contribution in [-0.4, -0.2) is 27.8 Å². The van der Waals surface area contributed by atoms with Crippen molar-refractivity contribution in [3.05, 3.63) is 6.20 Å². The summed E-state index contributed by atoms with van der Waals surface area (Å²) in [5.74, 6) is 0.635. The number of anilines is 2. The number of aromatic nitrogens is 2. The molecule has 1 amide bonds. The van der Waals surface area contributed by atoms with E-state index < -0.39 is 0 Å². The highest BCUT2D eigenvalue weighted by molar-refractivity contribution is 5.77. The fourth-order valence-electron chi connectivity index (χ4n) is 1.42. The van der Waals surface area contributed by atoms with Crippen LogP contribution in [0.1, 0.15) is 27.2 Å². The Labute approximate surface area is 102 Å². The van der Waals surface area contributed by atoms with E-state index >= 15 is 0 Å². The molecule has 0 unspecified atom stereocenters. The van der Waals surface area contributed by atoms with Crippen LogP contribution < -0.4 is 16.4 Å². The molecule has 4 N–H and O–H groups in total. The van der Waals surface area contributed by atoms with Gasteiger partial charge in [0, 0.05) is 31.7 Å². The van der Waals surface area contributed by atoms with Crippen molar-refractivity contribution in [2.75, 3.05) is 17.6 Å². The first kappa shape index (κ1) is 13.3. The number of nitrogens with one attached hydrogen (secondary N) is 2. The molecule has 0 aliphatic carbocycles. The van der Waals surface area contributed by atoms with E-state index in [-0.39, 0.29) is 11.4 Å². The maximum absolute atomic E-state index is 11.5. The van der Waals surface area contributed by atoms with Crippen molar-refractivity contribution < 1.29 is 4.79 Å². The number of aryl methyl sites for hydroxylation is 1. The molecule has 0 aliphatic rings. The quantitative estimate of drug-likeness (QED) is 0.722. The number of nitrogens with two attached hydrogens (primary N) is 1. The van der Waals surface area contributed by atoms with Crippen molar-refractivity contribution in [2.45, 2.75) is 32.7 Å². The second-order valence-corrected chi connectivity index (χ2v) is 5.08. The van der Waals surface area contributed by atoms with Gasteiger partial charge in [0.25, 0.3) is 0 Å². The lowest BCUT2D eigenvalue weighted by atomic mass is 10.1. The Morgan fingerprint density at radius 3 is 2.65 bits per heavy atom. The van der Waals surface area contributed by atoms with E-state index in [0.717, 1.165) is 0 Å². The second-order valence-electron chi connectivity index (χ2n) is 5.08. The summed E-state index contributed by atoms with van der Waals surface area (Å²) in [5.41, 5.74) is 6.11. The predicted octanol–water partition coefficient (Wildman–Crippen LogP) is 0.719. The number of carbonyl (C=O) groups excluding carboxylic acids is 1. The van der Waals surface area contributed by atoms with Gasteiger partial charge in [0.1, 0.15) is 0 Å². The van der Waals surface area contributed by atoms with E-state index in [0.29, 0.717) is 24.5 Å². The molecule has 0 aliphatic heterocycles. The highest BCUT2D eigenvalue weighted by Crippen LogP contribution is 2.13. The van der Waals surface area contributed by atoms with Gasteiger partial charge in [0.15, 0.2) is 5.82 Å². The number of nitrogen functional groups attached to an aromatic ring is 1. The molecule has 6 heteroatoms. The lowest BCUT2D eigenvalue weighted by Gasteiger charge is -2.20. The first-order valence-electron chi connectivity index (χ1n) is 5.62. The standard InChI is InChI=1S/C11H21N5O/c1-11(2,3)14-9(17)5-6-13-10-8(12)7-16(4)15-10/h7H,5-6,12H2,1-4H3,(H,13,15)(H,14,17). The fourth-order valence-corrected chi connectivity index (χ4v) is 1.42. The highest BCUT2D eigenvalue weighted by Gasteiger charge is 2.13. The third kappa shape index (κ3) is 4.76. The molecule has 0 spiro atoms. The number of rotatable bonds is 4. The Kier molecular flexibility index (Phi) is 3.98. The average Bonchev–Trinajstić information content (AvgIpc) is 2.42. The van der Waals surface area contributed by atoms with E-state index in [1.165, 1.54) is 0 Å².